The molecule has 8 heteroatoms. The molecule has 0 bridgehead atoms. The molecule has 0 saturated carbocycles. The first-order valence-electron chi connectivity index (χ1n) is 9.12. The Labute approximate surface area is 181 Å². The van der Waals surface area contributed by atoms with Crippen molar-refractivity contribution in [3.63, 3.8) is 0 Å². The first-order chi connectivity index (χ1) is 13.4. The van der Waals surface area contributed by atoms with E-state index >= 15 is 0 Å². The van der Waals surface area contributed by atoms with Crippen LogP contribution in [0.5, 0.6) is 0 Å². The van der Waals surface area contributed by atoms with Gasteiger partial charge in [0.25, 0.3) is 0 Å². The van der Waals surface area contributed by atoms with E-state index in [1.54, 1.807) is 0 Å². The molecule has 0 saturated heterocycles. The zero-order valence-corrected chi connectivity index (χ0v) is 17.2. The summed E-state index contributed by atoms with van der Waals surface area (Å²) in [6, 6.07) is 18.3. The third kappa shape index (κ3) is 4.28. The van der Waals surface area contributed by atoms with Crippen LogP contribution in [0.4, 0.5) is 0 Å². The van der Waals surface area contributed by atoms with Gasteiger partial charge >= 0.3 is 0 Å². The fraction of sp³-hybridized carbons (Fsp3) is 0.190. The molecule has 2 aliphatic heterocycles. The SMILES string of the molecule is Cl.Cl.c1cc(C2=NCCN2)cc(-c2cc(-c3cccc(C4=NCCN4)c3)on2)c1. The Hall–Kier alpha value is -2.83. The van der Waals surface area contributed by atoms with Gasteiger partial charge in [-0.15, -0.1) is 24.8 Å². The number of amidine groups is 2. The largest absolute Gasteiger partial charge is 0.368 e. The Morgan fingerprint density at radius 3 is 1.83 bits per heavy atom. The van der Waals surface area contributed by atoms with E-state index in [0.29, 0.717) is 0 Å². The van der Waals surface area contributed by atoms with Crippen LogP contribution in [0.3, 0.4) is 0 Å². The van der Waals surface area contributed by atoms with E-state index in [4.69, 9.17) is 4.52 Å². The minimum atomic E-state index is 0. The molecule has 5 rings (SSSR count). The summed E-state index contributed by atoms with van der Waals surface area (Å²) in [6.07, 6.45) is 0. The Kier molecular flexibility index (Phi) is 6.56. The highest BCUT2D eigenvalue weighted by Crippen LogP contribution is 2.27. The van der Waals surface area contributed by atoms with E-state index in [2.05, 4.69) is 50.0 Å². The number of aliphatic imine (C=N–C) groups is 2. The number of hydrogen-bond acceptors (Lipinski definition) is 6. The van der Waals surface area contributed by atoms with Crippen molar-refractivity contribution in [1.82, 2.24) is 15.8 Å². The van der Waals surface area contributed by atoms with E-state index in [-0.39, 0.29) is 24.8 Å². The smallest absolute Gasteiger partial charge is 0.167 e. The van der Waals surface area contributed by atoms with Gasteiger partial charge in [-0.2, -0.15) is 0 Å². The Balaban J connectivity index is 0.00000120. The van der Waals surface area contributed by atoms with Crippen LogP contribution in [0.15, 0.2) is 69.1 Å². The molecule has 0 radical (unpaired) electrons. The van der Waals surface area contributed by atoms with Gasteiger partial charge in [-0.3, -0.25) is 9.98 Å². The molecule has 1 aromatic heterocycles. The molecule has 0 aliphatic carbocycles. The van der Waals surface area contributed by atoms with E-state index in [1.165, 1.54) is 0 Å². The number of aromatic nitrogens is 1. The van der Waals surface area contributed by atoms with Crippen molar-refractivity contribution in [3.05, 3.63) is 65.7 Å². The summed E-state index contributed by atoms with van der Waals surface area (Å²) in [5, 5.41) is 10.9. The lowest BCUT2D eigenvalue weighted by atomic mass is 10.0. The zero-order chi connectivity index (χ0) is 18.1. The molecule has 29 heavy (non-hydrogen) atoms. The van der Waals surface area contributed by atoms with Crippen molar-refractivity contribution in [2.24, 2.45) is 9.98 Å². The molecule has 0 spiro atoms. The Bertz CT molecular complexity index is 978. The lowest BCUT2D eigenvalue weighted by Crippen LogP contribution is -2.19. The fourth-order valence-corrected chi connectivity index (χ4v) is 3.38. The number of nitrogens with zero attached hydrogens (tertiary/aromatic N) is 3. The maximum atomic E-state index is 5.63. The van der Waals surface area contributed by atoms with Gasteiger partial charge in [0, 0.05) is 41.4 Å². The molecule has 2 aromatic carbocycles. The lowest BCUT2D eigenvalue weighted by Gasteiger charge is -2.04. The van der Waals surface area contributed by atoms with Gasteiger partial charge in [0.2, 0.25) is 0 Å². The summed E-state index contributed by atoms with van der Waals surface area (Å²) >= 11 is 0. The predicted molar refractivity (Wildman–Crippen MR) is 121 cm³/mol. The van der Waals surface area contributed by atoms with Crippen molar-refractivity contribution >= 4 is 36.5 Å². The second-order valence-corrected chi connectivity index (χ2v) is 6.55. The number of hydrogen-bond donors (Lipinski definition) is 2. The van der Waals surface area contributed by atoms with E-state index < -0.39 is 0 Å². The van der Waals surface area contributed by atoms with Crippen LogP contribution in [0.2, 0.25) is 0 Å². The molecule has 2 aliphatic rings. The third-order valence-electron chi connectivity index (χ3n) is 4.71. The average molecular weight is 430 g/mol. The number of halogens is 2. The van der Waals surface area contributed by atoms with Gasteiger partial charge in [0.05, 0.1) is 13.1 Å². The molecule has 2 N–H and O–H groups in total. The first kappa shape index (κ1) is 20.9. The zero-order valence-electron chi connectivity index (χ0n) is 15.6. The van der Waals surface area contributed by atoms with Crippen molar-refractivity contribution < 1.29 is 4.52 Å². The van der Waals surface area contributed by atoms with Gasteiger partial charge in [-0.05, 0) is 12.1 Å². The topological polar surface area (TPSA) is 74.8 Å². The fourth-order valence-electron chi connectivity index (χ4n) is 3.38. The molecule has 0 atom stereocenters. The minimum Gasteiger partial charge on any atom is -0.368 e. The monoisotopic (exact) mass is 429 g/mol. The standard InChI is InChI=1S/C21H19N5O.2ClH/c1-3-14(11-16(5-1)20-22-7-8-23-20)18-13-19(27-26-18)15-4-2-6-17(12-15)21-24-9-10-25-21;;/h1-6,11-13H,7-10H2,(H,22,23)(H,24,25);2*1H. The van der Waals surface area contributed by atoms with Crippen molar-refractivity contribution in [3.8, 4) is 22.6 Å². The molecule has 150 valence electrons. The van der Waals surface area contributed by atoms with Crippen molar-refractivity contribution in [2.75, 3.05) is 26.2 Å². The van der Waals surface area contributed by atoms with Crippen LogP contribution in [-0.4, -0.2) is 43.0 Å². The average Bonchev–Trinajstić information content (AvgIpc) is 3.51. The molecular formula is C21H21Cl2N5O. The first-order valence-corrected chi connectivity index (χ1v) is 9.12. The molecule has 3 aromatic rings. The number of rotatable bonds is 4. The second kappa shape index (κ2) is 9.11. The summed E-state index contributed by atoms with van der Waals surface area (Å²) in [7, 11) is 0. The normalized spacial score (nSPS) is 14.8. The highest BCUT2D eigenvalue weighted by Gasteiger charge is 2.14. The summed E-state index contributed by atoms with van der Waals surface area (Å²) in [4.78, 5) is 8.97. The van der Waals surface area contributed by atoms with Crippen LogP contribution in [-0.2, 0) is 0 Å². The van der Waals surface area contributed by atoms with Gasteiger partial charge in [0.15, 0.2) is 5.76 Å². The number of benzene rings is 2. The van der Waals surface area contributed by atoms with Gasteiger partial charge in [-0.25, -0.2) is 0 Å². The number of nitrogens with one attached hydrogen (secondary N) is 2. The highest BCUT2D eigenvalue weighted by molar-refractivity contribution is 6.01. The van der Waals surface area contributed by atoms with Crippen molar-refractivity contribution in [2.45, 2.75) is 0 Å². The van der Waals surface area contributed by atoms with Gasteiger partial charge < -0.3 is 15.2 Å². The van der Waals surface area contributed by atoms with Gasteiger partial charge in [-0.1, -0.05) is 41.6 Å². The Morgan fingerprint density at radius 1 is 0.690 bits per heavy atom. The quantitative estimate of drug-likeness (QED) is 0.664. The maximum absolute atomic E-state index is 5.63. The lowest BCUT2D eigenvalue weighted by molar-refractivity contribution is 0.435. The van der Waals surface area contributed by atoms with Crippen LogP contribution in [0.1, 0.15) is 11.1 Å². The third-order valence-corrected chi connectivity index (χ3v) is 4.71. The maximum Gasteiger partial charge on any atom is 0.167 e. The highest BCUT2D eigenvalue weighted by atomic mass is 35.5. The molecule has 3 heterocycles. The van der Waals surface area contributed by atoms with Crippen LogP contribution >= 0.6 is 24.8 Å². The predicted octanol–water partition coefficient (Wildman–Crippen LogP) is 3.55. The summed E-state index contributed by atoms with van der Waals surface area (Å²) in [5.74, 6) is 2.62. The summed E-state index contributed by atoms with van der Waals surface area (Å²) in [5.41, 5.74) is 4.95. The van der Waals surface area contributed by atoms with Crippen LogP contribution < -0.4 is 10.6 Å². The van der Waals surface area contributed by atoms with Crippen molar-refractivity contribution in [1.29, 1.82) is 0 Å². The minimum absolute atomic E-state index is 0. The van der Waals surface area contributed by atoms with E-state index in [1.807, 2.05) is 30.3 Å². The van der Waals surface area contributed by atoms with Gasteiger partial charge in [0.1, 0.15) is 17.4 Å². The second-order valence-electron chi connectivity index (χ2n) is 6.55. The van der Waals surface area contributed by atoms with Crippen LogP contribution in [0, 0.1) is 0 Å². The molecule has 0 unspecified atom stereocenters. The van der Waals surface area contributed by atoms with E-state index in [9.17, 15) is 0 Å². The summed E-state index contributed by atoms with van der Waals surface area (Å²) in [6.45, 7) is 3.43. The molecular weight excluding hydrogens is 409 g/mol. The van der Waals surface area contributed by atoms with Crippen LogP contribution in [0.25, 0.3) is 22.6 Å². The molecule has 0 fully saturated rings. The molecule has 0 amide bonds. The van der Waals surface area contributed by atoms with E-state index in [0.717, 1.165) is 71.6 Å². The Morgan fingerprint density at radius 2 is 1.24 bits per heavy atom. The summed E-state index contributed by atoms with van der Waals surface area (Å²) < 4.78 is 5.63. The molecule has 6 nitrogen and oxygen atoms in total.